The van der Waals surface area contributed by atoms with Crippen molar-refractivity contribution in [3.63, 3.8) is 0 Å². The van der Waals surface area contributed by atoms with Gasteiger partial charge < -0.3 is 10.2 Å². The smallest absolute Gasteiger partial charge is 0.226 e. The molecule has 3 nitrogen and oxygen atoms in total. The Balaban J connectivity index is 0.00000133. The van der Waals surface area contributed by atoms with Gasteiger partial charge in [0.15, 0.2) is 0 Å². The Morgan fingerprint density at radius 3 is 2.47 bits per heavy atom. The number of carbonyl (C=O) groups is 1. The number of amides is 1. The molecule has 104 valence electrons. The number of halogens is 2. The largest absolute Gasteiger partial charge is 0.340 e. The Kier molecular flexibility index (Phi) is 4.87. The standard InChI is InChI=1S/C14H17BrN2O.ClH/c15-11-3-1-10(2-4-11)12-9-13(12)14(18)17-7-5-16-6-8-17;/h1-4,12-13,16H,5-9H2;1H. The van der Waals surface area contributed by atoms with E-state index in [1.807, 2.05) is 4.90 Å². The van der Waals surface area contributed by atoms with Crippen molar-refractivity contribution in [1.82, 2.24) is 10.2 Å². The van der Waals surface area contributed by atoms with Crippen LogP contribution in [-0.4, -0.2) is 37.0 Å². The van der Waals surface area contributed by atoms with E-state index >= 15 is 0 Å². The van der Waals surface area contributed by atoms with Gasteiger partial charge >= 0.3 is 0 Å². The molecule has 0 radical (unpaired) electrons. The van der Waals surface area contributed by atoms with Gasteiger partial charge in [0.1, 0.15) is 0 Å². The van der Waals surface area contributed by atoms with Crippen LogP contribution in [0.25, 0.3) is 0 Å². The molecular weight excluding hydrogens is 328 g/mol. The van der Waals surface area contributed by atoms with E-state index < -0.39 is 0 Å². The summed E-state index contributed by atoms with van der Waals surface area (Å²) in [5.74, 6) is 1.02. The molecule has 1 aromatic carbocycles. The molecule has 0 bridgehead atoms. The van der Waals surface area contributed by atoms with Crippen LogP contribution in [0.3, 0.4) is 0 Å². The summed E-state index contributed by atoms with van der Waals surface area (Å²) in [4.78, 5) is 14.3. The maximum atomic E-state index is 12.3. The first-order valence-corrected chi connectivity index (χ1v) is 7.30. The van der Waals surface area contributed by atoms with Gasteiger partial charge in [0.2, 0.25) is 5.91 Å². The minimum absolute atomic E-state index is 0. The third-order valence-electron chi connectivity index (χ3n) is 3.83. The second-order valence-corrected chi connectivity index (χ2v) is 5.99. The molecule has 5 heteroatoms. The van der Waals surface area contributed by atoms with E-state index in [4.69, 9.17) is 0 Å². The minimum Gasteiger partial charge on any atom is -0.340 e. The second-order valence-electron chi connectivity index (χ2n) is 5.08. The van der Waals surface area contributed by atoms with E-state index in [9.17, 15) is 4.79 Å². The van der Waals surface area contributed by atoms with Crippen LogP contribution < -0.4 is 5.32 Å². The summed E-state index contributed by atoms with van der Waals surface area (Å²) in [5.41, 5.74) is 1.30. The summed E-state index contributed by atoms with van der Waals surface area (Å²) in [6, 6.07) is 8.36. The van der Waals surface area contributed by atoms with E-state index in [2.05, 4.69) is 45.5 Å². The molecule has 1 aromatic rings. The molecule has 3 rings (SSSR count). The van der Waals surface area contributed by atoms with Crippen molar-refractivity contribution in [2.75, 3.05) is 26.2 Å². The molecule has 0 spiro atoms. The normalized spacial score (nSPS) is 25.6. The Morgan fingerprint density at radius 1 is 1.21 bits per heavy atom. The maximum Gasteiger partial charge on any atom is 0.226 e. The first kappa shape index (κ1) is 14.8. The molecule has 2 aliphatic rings. The van der Waals surface area contributed by atoms with Crippen LogP contribution in [0.5, 0.6) is 0 Å². The third kappa shape index (κ3) is 3.30. The highest BCUT2D eigenvalue weighted by Gasteiger charge is 2.45. The Morgan fingerprint density at radius 2 is 1.84 bits per heavy atom. The van der Waals surface area contributed by atoms with Crippen LogP contribution in [0.2, 0.25) is 0 Å². The molecule has 1 saturated carbocycles. The molecular formula is C14H18BrClN2O. The van der Waals surface area contributed by atoms with Crippen molar-refractivity contribution in [3.05, 3.63) is 34.3 Å². The van der Waals surface area contributed by atoms with Gasteiger partial charge in [-0.3, -0.25) is 4.79 Å². The lowest BCUT2D eigenvalue weighted by Gasteiger charge is -2.27. The molecule has 1 saturated heterocycles. The summed E-state index contributed by atoms with van der Waals surface area (Å²) in [6.07, 6.45) is 1.02. The minimum atomic E-state index is 0. The van der Waals surface area contributed by atoms with Crippen LogP contribution in [0.1, 0.15) is 17.9 Å². The van der Waals surface area contributed by atoms with E-state index in [0.29, 0.717) is 11.8 Å². The number of rotatable bonds is 2. The van der Waals surface area contributed by atoms with E-state index in [0.717, 1.165) is 37.1 Å². The monoisotopic (exact) mass is 344 g/mol. The van der Waals surface area contributed by atoms with Crippen molar-refractivity contribution in [1.29, 1.82) is 0 Å². The lowest BCUT2D eigenvalue weighted by molar-refractivity contribution is -0.133. The molecule has 2 atom stereocenters. The Bertz CT molecular complexity index is 445. The lowest BCUT2D eigenvalue weighted by Crippen LogP contribution is -2.47. The molecule has 1 aliphatic heterocycles. The summed E-state index contributed by atoms with van der Waals surface area (Å²) in [7, 11) is 0. The number of hydrogen-bond donors (Lipinski definition) is 1. The van der Waals surface area contributed by atoms with Gasteiger partial charge in [-0.15, -0.1) is 12.4 Å². The number of carbonyl (C=O) groups excluding carboxylic acids is 1. The van der Waals surface area contributed by atoms with Crippen molar-refractivity contribution in [2.45, 2.75) is 12.3 Å². The fourth-order valence-electron chi connectivity index (χ4n) is 2.67. The predicted molar refractivity (Wildman–Crippen MR) is 81.7 cm³/mol. The molecule has 2 fully saturated rings. The van der Waals surface area contributed by atoms with Gasteiger partial charge in [-0.05, 0) is 30.0 Å². The Hall–Kier alpha value is -0.580. The first-order valence-electron chi connectivity index (χ1n) is 6.50. The number of benzene rings is 1. The third-order valence-corrected chi connectivity index (χ3v) is 4.36. The zero-order valence-corrected chi connectivity index (χ0v) is 13.0. The molecule has 1 N–H and O–H groups in total. The number of nitrogens with one attached hydrogen (secondary N) is 1. The average Bonchev–Trinajstić information content (AvgIpc) is 3.20. The number of nitrogens with zero attached hydrogens (tertiary/aromatic N) is 1. The van der Waals surface area contributed by atoms with Gasteiger partial charge in [-0.25, -0.2) is 0 Å². The summed E-state index contributed by atoms with van der Waals surface area (Å²) < 4.78 is 1.09. The lowest BCUT2D eigenvalue weighted by atomic mass is 10.1. The van der Waals surface area contributed by atoms with Gasteiger partial charge in [-0.2, -0.15) is 0 Å². The molecule has 1 aliphatic carbocycles. The SMILES string of the molecule is Cl.O=C(C1CC1c1ccc(Br)cc1)N1CCNCC1. The summed E-state index contributed by atoms with van der Waals surface area (Å²) >= 11 is 3.44. The first-order chi connectivity index (χ1) is 8.75. The van der Waals surface area contributed by atoms with Crippen molar-refractivity contribution in [3.8, 4) is 0 Å². The molecule has 1 heterocycles. The highest BCUT2D eigenvalue weighted by Crippen LogP contribution is 2.48. The van der Waals surface area contributed by atoms with Crippen LogP contribution in [0.15, 0.2) is 28.7 Å². The highest BCUT2D eigenvalue weighted by atomic mass is 79.9. The molecule has 2 unspecified atom stereocenters. The zero-order chi connectivity index (χ0) is 12.5. The Labute approximate surface area is 128 Å². The quantitative estimate of drug-likeness (QED) is 0.893. The van der Waals surface area contributed by atoms with E-state index in [1.165, 1.54) is 5.56 Å². The molecule has 19 heavy (non-hydrogen) atoms. The fourth-order valence-corrected chi connectivity index (χ4v) is 2.93. The van der Waals surface area contributed by atoms with Crippen LogP contribution in [0, 0.1) is 5.92 Å². The van der Waals surface area contributed by atoms with Crippen LogP contribution in [-0.2, 0) is 4.79 Å². The van der Waals surface area contributed by atoms with Gasteiger partial charge in [0, 0.05) is 36.6 Å². The van der Waals surface area contributed by atoms with E-state index in [-0.39, 0.29) is 18.3 Å². The maximum absolute atomic E-state index is 12.3. The van der Waals surface area contributed by atoms with Gasteiger partial charge in [-0.1, -0.05) is 28.1 Å². The fraction of sp³-hybridized carbons (Fsp3) is 0.500. The predicted octanol–water partition coefficient (Wildman–Crippen LogP) is 2.41. The molecule has 1 amide bonds. The topological polar surface area (TPSA) is 32.3 Å². The van der Waals surface area contributed by atoms with Gasteiger partial charge in [0.25, 0.3) is 0 Å². The zero-order valence-electron chi connectivity index (χ0n) is 10.6. The number of hydrogen-bond acceptors (Lipinski definition) is 2. The van der Waals surface area contributed by atoms with E-state index in [1.54, 1.807) is 0 Å². The summed E-state index contributed by atoms with van der Waals surface area (Å²) in [5, 5.41) is 3.28. The van der Waals surface area contributed by atoms with Crippen molar-refractivity contribution >= 4 is 34.2 Å². The van der Waals surface area contributed by atoms with Crippen LogP contribution >= 0.6 is 28.3 Å². The van der Waals surface area contributed by atoms with Crippen molar-refractivity contribution in [2.24, 2.45) is 5.92 Å². The second kappa shape index (κ2) is 6.25. The van der Waals surface area contributed by atoms with Crippen molar-refractivity contribution < 1.29 is 4.79 Å². The van der Waals surface area contributed by atoms with Gasteiger partial charge in [0.05, 0.1) is 0 Å². The van der Waals surface area contributed by atoms with Crippen LogP contribution in [0.4, 0.5) is 0 Å². The highest BCUT2D eigenvalue weighted by molar-refractivity contribution is 9.10. The average molecular weight is 346 g/mol. The summed E-state index contributed by atoms with van der Waals surface area (Å²) in [6.45, 7) is 3.59. The number of piperazine rings is 1. The molecule has 0 aromatic heterocycles.